The fourth-order valence-electron chi connectivity index (χ4n) is 6.21. The molecule has 9 nitrogen and oxygen atoms in total. The number of piperazine rings is 1. The molecular formula is C31H35ClFN5O4. The number of aromatic nitrogens is 2. The van der Waals surface area contributed by atoms with Crippen LogP contribution in [0.2, 0.25) is 5.02 Å². The molecule has 222 valence electrons. The van der Waals surface area contributed by atoms with E-state index in [4.69, 9.17) is 35.8 Å². The number of halogens is 2. The average molecular weight is 596 g/mol. The molecule has 1 aromatic heterocycles. The van der Waals surface area contributed by atoms with E-state index in [-0.39, 0.29) is 18.2 Å². The predicted molar refractivity (Wildman–Crippen MR) is 159 cm³/mol. The molecule has 3 atom stereocenters. The van der Waals surface area contributed by atoms with E-state index in [9.17, 15) is 9.18 Å². The van der Waals surface area contributed by atoms with Crippen molar-refractivity contribution in [2.24, 2.45) is 0 Å². The first kappa shape index (κ1) is 28.8. The summed E-state index contributed by atoms with van der Waals surface area (Å²) in [5.41, 5.74) is 2.78. The van der Waals surface area contributed by atoms with E-state index in [1.54, 1.807) is 7.11 Å². The van der Waals surface area contributed by atoms with Crippen molar-refractivity contribution in [2.45, 2.75) is 37.7 Å². The maximum absolute atomic E-state index is 13.5. The van der Waals surface area contributed by atoms with Crippen molar-refractivity contribution in [3.05, 3.63) is 70.6 Å². The van der Waals surface area contributed by atoms with Gasteiger partial charge in [0.25, 0.3) is 5.91 Å². The molecule has 0 spiro atoms. The highest BCUT2D eigenvalue weighted by Gasteiger charge is 2.33. The molecule has 2 saturated heterocycles. The molecule has 3 aliphatic rings. The Kier molecular flexibility index (Phi) is 8.31. The van der Waals surface area contributed by atoms with Gasteiger partial charge in [-0.15, -0.1) is 0 Å². The lowest BCUT2D eigenvalue weighted by Gasteiger charge is -2.37. The summed E-state index contributed by atoms with van der Waals surface area (Å²) in [5.74, 6) is -0.886. The Morgan fingerprint density at radius 2 is 1.93 bits per heavy atom. The number of benzene rings is 2. The van der Waals surface area contributed by atoms with Crippen LogP contribution >= 0.6 is 11.6 Å². The van der Waals surface area contributed by atoms with E-state index in [1.165, 1.54) is 4.90 Å². The Bertz CT molecular complexity index is 1490. The molecule has 2 aromatic carbocycles. The Balaban J connectivity index is 1.29. The zero-order valence-corrected chi connectivity index (χ0v) is 24.6. The lowest BCUT2D eigenvalue weighted by atomic mass is 9.94. The number of likely N-dealkylation sites (tertiary alicyclic amines) is 1. The van der Waals surface area contributed by atoms with E-state index < -0.39 is 11.7 Å². The Labute approximate surface area is 249 Å². The third kappa shape index (κ3) is 5.68. The number of fused-ring (bicyclic) bond motifs is 2. The van der Waals surface area contributed by atoms with Crippen LogP contribution in [0.3, 0.4) is 0 Å². The molecule has 0 saturated carbocycles. The van der Waals surface area contributed by atoms with Gasteiger partial charge in [0, 0.05) is 68.3 Å². The van der Waals surface area contributed by atoms with Crippen molar-refractivity contribution in [3.63, 3.8) is 0 Å². The van der Waals surface area contributed by atoms with Crippen molar-refractivity contribution in [3.8, 4) is 6.01 Å². The number of methoxy groups -OCH3 is 1. The van der Waals surface area contributed by atoms with Crippen LogP contribution in [0.5, 0.6) is 6.01 Å². The lowest BCUT2D eigenvalue weighted by Crippen LogP contribution is -2.49. The van der Waals surface area contributed by atoms with E-state index >= 15 is 0 Å². The molecule has 0 N–H and O–H groups in total. The molecule has 1 amide bonds. The SMILES string of the molecule is C=C(F)C(=O)N1CCN(c2nc(OC[C@@H]3C[C@@H](OC)CN3C)nc3c2COC(c2cccc4cccc(Cl)c24)C3)CC1. The lowest BCUT2D eigenvalue weighted by molar-refractivity contribution is -0.128. The molecule has 3 aliphatic heterocycles. The highest BCUT2D eigenvalue weighted by atomic mass is 35.5. The molecule has 11 heteroatoms. The van der Waals surface area contributed by atoms with Gasteiger partial charge < -0.3 is 24.0 Å². The molecule has 3 aromatic rings. The van der Waals surface area contributed by atoms with Gasteiger partial charge in [0.05, 0.1) is 24.5 Å². The van der Waals surface area contributed by atoms with Gasteiger partial charge in [-0.3, -0.25) is 9.69 Å². The summed E-state index contributed by atoms with van der Waals surface area (Å²) in [6, 6.07) is 12.5. The molecule has 0 bridgehead atoms. The van der Waals surface area contributed by atoms with Gasteiger partial charge in [0.2, 0.25) is 0 Å². The number of rotatable bonds is 7. The Morgan fingerprint density at radius 3 is 2.64 bits per heavy atom. The number of nitrogens with zero attached hydrogens (tertiary/aromatic N) is 5. The van der Waals surface area contributed by atoms with Crippen molar-refractivity contribution in [1.29, 1.82) is 0 Å². The zero-order chi connectivity index (χ0) is 29.4. The minimum atomic E-state index is -0.945. The van der Waals surface area contributed by atoms with Gasteiger partial charge in [0.15, 0.2) is 5.83 Å². The number of carbonyl (C=O) groups excluding carboxylic acids is 1. The Morgan fingerprint density at radius 1 is 1.17 bits per heavy atom. The molecular weight excluding hydrogens is 561 g/mol. The first-order chi connectivity index (χ1) is 20.3. The highest BCUT2D eigenvalue weighted by Crippen LogP contribution is 2.39. The van der Waals surface area contributed by atoms with Crippen LogP contribution in [0.1, 0.15) is 29.3 Å². The summed E-state index contributed by atoms with van der Waals surface area (Å²) in [7, 11) is 3.80. The summed E-state index contributed by atoms with van der Waals surface area (Å²) < 4.78 is 31.7. The molecule has 0 radical (unpaired) electrons. The minimum absolute atomic E-state index is 0.174. The molecule has 4 heterocycles. The van der Waals surface area contributed by atoms with Crippen molar-refractivity contribution < 1.29 is 23.4 Å². The second kappa shape index (κ2) is 12.1. The van der Waals surface area contributed by atoms with Gasteiger partial charge in [-0.05, 0) is 30.5 Å². The normalized spacial score (nSPS) is 22.8. The zero-order valence-electron chi connectivity index (χ0n) is 23.9. The summed E-state index contributed by atoms with van der Waals surface area (Å²) >= 11 is 6.65. The average Bonchev–Trinajstić information content (AvgIpc) is 3.38. The van der Waals surface area contributed by atoms with Crippen molar-refractivity contribution >= 4 is 34.1 Å². The molecule has 6 rings (SSSR count). The number of likely N-dealkylation sites (N-methyl/N-ethyl adjacent to an activating group) is 1. The summed E-state index contributed by atoms with van der Waals surface area (Å²) in [6.07, 6.45) is 1.33. The number of hydrogen-bond acceptors (Lipinski definition) is 8. The minimum Gasteiger partial charge on any atom is -0.462 e. The smallest absolute Gasteiger partial charge is 0.318 e. The number of ether oxygens (including phenoxy) is 3. The standard InChI is InChI=1S/C31H35ClFN5O4/c1-19(33)30(39)38-12-10-37(11-13-38)29-24-18-41-27(23-8-4-6-20-7-5-9-25(32)28(20)23)15-26(24)34-31(35-29)42-17-21-14-22(40-3)16-36(21)2/h4-9,21-22,27H,1,10-18H2,2-3H3/t21-,22+,27?/m0/s1. The summed E-state index contributed by atoms with van der Waals surface area (Å²) in [6.45, 7) is 6.47. The fraction of sp³-hybridized carbons (Fsp3) is 0.452. The van der Waals surface area contributed by atoms with Crippen molar-refractivity contribution in [2.75, 3.05) is 58.4 Å². The third-order valence-corrected chi connectivity index (χ3v) is 8.89. The van der Waals surface area contributed by atoms with Crippen LogP contribution < -0.4 is 9.64 Å². The molecule has 1 unspecified atom stereocenters. The van der Waals surface area contributed by atoms with Gasteiger partial charge in [-0.1, -0.05) is 48.5 Å². The van der Waals surface area contributed by atoms with Crippen molar-refractivity contribution in [1.82, 2.24) is 19.8 Å². The summed E-state index contributed by atoms with van der Waals surface area (Å²) in [4.78, 5) is 27.7. The van der Waals surface area contributed by atoms with Gasteiger partial charge in [0.1, 0.15) is 12.4 Å². The van der Waals surface area contributed by atoms with Gasteiger partial charge >= 0.3 is 6.01 Å². The monoisotopic (exact) mass is 595 g/mol. The fourth-order valence-corrected chi connectivity index (χ4v) is 6.50. The number of anilines is 1. The van der Waals surface area contributed by atoms with Gasteiger partial charge in [-0.2, -0.15) is 9.97 Å². The summed E-state index contributed by atoms with van der Waals surface area (Å²) in [5, 5.41) is 2.72. The second-order valence-corrected chi connectivity index (χ2v) is 11.5. The van der Waals surface area contributed by atoms with Crippen LogP contribution in [0.4, 0.5) is 10.2 Å². The van der Waals surface area contributed by atoms with E-state index in [2.05, 4.69) is 29.5 Å². The Hall–Kier alpha value is -3.31. The number of amides is 1. The van der Waals surface area contributed by atoms with Crippen LogP contribution in [0.25, 0.3) is 10.8 Å². The van der Waals surface area contributed by atoms with E-state index in [0.29, 0.717) is 56.8 Å². The molecule has 2 fully saturated rings. The quantitative estimate of drug-likeness (QED) is 0.374. The van der Waals surface area contributed by atoms with Crippen LogP contribution in [0, 0.1) is 0 Å². The maximum Gasteiger partial charge on any atom is 0.318 e. The molecule has 42 heavy (non-hydrogen) atoms. The number of carbonyl (C=O) groups is 1. The highest BCUT2D eigenvalue weighted by molar-refractivity contribution is 6.35. The number of hydrogen-bond donors (Lipinski definition) is 0. The largest absolute Gasteiger partial charge is 0.462 e. The van der Waals surface area contributed by atoms with Crippen LogP contribution in [-0.4, -0.2) is 91.3 Å². The predicted octanol–water partition coefficient (Wildman–Crippen LogP) is 4.33. The van der Waals surface area contributed by atoms with Crippen LogP contribution in [-0.2, 0) is 27.3 Å². The first-order valence-electron chi connectivity index (χ1n) is 14.3. The van der Waals surface area contributed by atoms with Crippen LogP contribution in [0.15, 0.2) is 48.8 Å². The topological polar surface area (TPSA) is 80.3 Å². The second-order valence-electron chi connectivity index (χ2n) is 11.1. The third-order valence-electron chi connectivity index (χ3n) is 8.58. The van der Waals surface area contributed by atoms with Gasteiger partial charge in [-0.25, -0.2) is 4.39 Å². The van der Waals surface area contributed by atoms with E-state index in [0.717, 1.165) is 46.4 Å². The first-order valence-corrected chi connectivity index (χ1v) is 14.6. The van der Waals surface area contributed by atoms with E-state index in [1.807, 2.05) is 30.3 Å². The maximum atomic E-state index is 13.5. The molecule has 0 aliphatic carbocycles.